The first kappa shape index (κ1) is 36.3. The van der Waals surface area contributed by atoms with Gasteiger partial charge in [-0.3, -0.25) is 4.98 Å². The lowest BCUT2D eigenvalue weighted by atomic mass is 9.95. The van der Waals surface area contributed by atoms with Crippen molar-refractivity contribution in [3.8, 4) is 45.6 Å². The molecule has 11 nitrogen and oxygen atoms in total. The number of hydrogen-bond donors (Lipinski definition) is 1. The van der Waals surface area contributed by atoms with E-state index in [0.717, 1.165) is 5.69 Å². The molecule has 0 amide bonds. The summed E-state index contributed by atoms with van der Waals surface area (Å²) in [4.78, 5) is 22.5. The minimum Gasteiger partial charge on any atom is -0.497 e. The quantitative estimate of drug-likeness (QED) is 0.133. The molecule has 0 fully saturated rings. The summed E-state index contributed by atoms with van der Waals surface area (Å²) < 4.78 is 39.0. The van der Waals surface area contributed by atoms with Crippen LogP contribution in [0.2, 0.25) is 0 Å². The van der Waals surface area contributed by atoms with Gasteiger partial charge in [0.15, 0.2) is 17.2 Å². The summed E-state index contributed by atoms with van der Waals surface area (Å²) in [6.07, 6.45) is 1.71. The number of carbonyl (C=O) groups excluding carboxylic acids is 1. The van der Waals surface area contributed by atoms with E-state index >= 15 is 0 Å². The smallest absolute Gasteiger partial charge is 0.357 e. The third kappa shape index (κ3) is 7.82. The van der Waals surface area contributed by atoms with Crippen LogP contribution < -0.4 is 33.7 Å². The first-order chi connectivity index (χ1) is 21.9. The molecule has 0 spiro atoms. The molecule has 5 rings (SSSR count). The number of nitrogens with zero attached hydrogens (tertiary/aromatic N) is 2. The van der Waals surface area contributed by atoms with E-state index in [-0.39, 0.29) is 37.1 Å². The minimum absolute atomic E-state index is 0. The Bertz CT molecular complexity index is 1790. The Morgan fingerprint density at radius 2 is 1.40 bits per heavy atom. The summed E-state index contributed by atoms with van der Waals surface area (Å²) in [7, 11) is 9.02. The fourth-order valence-corrected chi connectivity index (χ4v) is 4.90. The maximum Gasteiger partial charge on any atom is 0.357 e. The Kier molecular flexibility index (Phi) is 12.7. The van der Waals surface area contributed by atoms with Crippen LogP contribution in [-0.4, -0.2) is 58.6 Å². The summed E-state index contributed by atoms with van der Waals surface area (Å²) in [5.74, 6) is 2.70. The molecule has 0 unspecified atom stereocenters. The molecule has 0 saturated carbocycles. The molecule has 0 aliphatic carbocycles. The third-order valence-electron chi connectivity index (χ3n) is 7.04. The van der Waals surface area contributed by atoms with Crippen molar-refractivity contribution in [2.24, 2.45) is 0 Å². The largest absolute Gasteiger partial charge is 0.497 e. The number of ether oxygens (including phenoxy) is 7. The molecule has 0 atom stereocenters. The van der Waals surface area contributed by atoms with Crippen LogP contribution in [0.5, 0.6) is 34.5 Å². The van der Waals surface area contributed by atoms with E-state index in [1.54, 1.807) is 50.7 Å². The van der Waals surface area contributed by atoms with Gasteiger partial charge in [0.25, 0.3) is 0 Å². The molecule has 3 aromatic carbocycles. The fraction of sp³-hybridized carbons (Fsp3) is 0.206. The van der Waals surface area contributed by atoms with Gasteiger partial charge in [-0.05, 0) is 53.4 Å². The number of pyridine rings is 2. The highest BCUT2D eigenvalue weighted by Crippen LogP contribution is 2.45. The van der Waals surface area contributed by atoms with E-state index in [4.69, 9.17) is 38.1 Å². The third-order valence-corrected chi connectivity index (χ3v) is 7.04. The number of anilines is 2. The number of hydrogen-bond acceptors (Lipinski definition) is 11. The van der Waals surface area contributed by atoms with Crippen LogP contribution in [0.1, 0.15) is 16.2 Å². The van der Waals surface area contributed by atoms with Gasteiger partial charge in [-0.15, -0.1) is 24.8 Å². The zero-order chi connectivity index (χ0) is 31.9. The molecule has 0 aliphatic rings. The predicted octanol–water partition coefficient (Wildman–Crippen LogP) is 7.29. The van der Waals surface area contributed by atoms with Gasteiger partial charge in [0.2, 0.25) is 5.75 Å². The number of rotatable bonds is 12. The van der Waals surface area contributed by atoms with Gasteiger partial charge in [0.05, 0.1) is 48.4 Å². The van der Waals surface area contributed by atoms with Crippen LogP contribution in [-0.2, 0) is 11.3 Å². The molecule has 248 valence electrons. The highest BCUT2D eigenvalue weighted by atomic mass is 35.5. The molecule has 0 bridgehead atoms. The fourth-order valence-electron chi connectivity index (χ4n) is 4.90. The first-order valence-corrected chi connectivity index (χ1v) is 13.8. The van der Waals surface area contributed by atoms with E-state index in [1.165, 1.54) is 28.4 Å². The molecule has 13 heteroatoms. The zero-order valence-corrected chi connectivity index (χ0v) is 28.2. The van der Waals surface area contributed by atoms with Gasteiger partial charge in [0, 0.05) is 41.0 Å². The molecule has 2 heterocycles. The molecular weight excluding hydrogens is 649 g/mol. The van der Waals surface area contributed by atoms with E-state index in [0.29, 0.717) is 67.9 Å². The van der Waals surface area contributed by atoms with Crippen LogP contribution in [0.3, 0.4) is 0 Å². The zero-order valence-electron chi connectivity index (χ0n) is 26.6. The van der Waals surface area contributed by atoms with Crippen molar-refractivity contribution in [3.63, 3.8) is 0 Å². The Morgan fingerprint density at radius 3 is 1.96 bits per heavy atom. The molecule has 2 aromatic heterocycles. The average molecular weight is 685 g/mol. The highest BCUT2D eigenvalue weighted by molar-refractivity contribution is 6.11. The molecule has 5 aromatic rings. The lowest BCUT2D eigenvalue weighted by molar-refractivity contribution is 0.0595. The molecule has 1 N–H and O–H groups in total. The number of halogens is 2. The maximum atomic E-state index is 13.3. The van der Waals surface area contributed by atoms with Gasteiger partial charge in [0.1, 0.15) is 29.7 Å². The Morgan fingerprint density at radius 1 is 0.723 bits per heavy atom. The summed E-state index contributed by atoms with van der Waals surface area (Å²) in [5, 5.41) is 4.68. The lowest BCUT2D eigenvalue weighted by Crippen LogP contribution is -2.10. The van der Waals surface area contributed by atoms with E-state index in [9.17, 15) is 4.79 Å². The number of aromatic nitrogens is 2. The predicted molar refractivity (Wildman–Crippen MR) is 184 cm³/mol. The summed E-state index contributed by atoms with van der Waals surface area (Å²) in [5.41, 5.74) is 2.56. The lowest BCUT2D eigenvalue weighted by Gasteiger charge is -2.19. The van der Waals surface area contributed by atoms with Gasteiger partial charge in [-0.1, -0.05) is 6.07 Å². The number of methoxy groups -OCH3 is 6. The topological polar surface area (TPSA) is 119 Å². The van der Waals surface area contributed by atoms with E-state index < -0.39 is 5.97 Å². The minimum atomic E-state index is -0.637. The monoisotopic (exact) mass is 683 g/mol. The van der Waals surface area contributed by atoms with Crippen molar-refractivity contribution in [1.82, 2.24) is 9.97 Å². The number of benzene rings is 3. The van der Waals surface area contributed by atoms with E-state index in [2.05, 4.69) is 10.3 Å². The van der Waals surface area contributed by atoms with Crippen molar-refractivity contribution in [2.45, 2.75) is 6.61 Å². The van der Waals surface area contributed by atoms with Crippen molar-refractivity contribution < 1.29 is 38.0 Å². The van der Waals surface area contributed by atoms with Crippen LogP contribution in [0.15, 0.2) is 72.9 Å². The normalized spacial score (nSPS) is 10.2. The SMILES string of the molecule is COC(=O)c1nc(Nc2cc(OC)cc(OC)c2)c2cc(OCc3ccccn3)ccc2c1-c1cc(OC)c(OC)c(OC)c1.Cl.Cl. The standard InChI is InChI=1S/C34H33N3O8.2ClH/c1-39-24-15-22(16-25(17-24)40-2)36-33-27-18-23(45-19-21-9-7-8-12-35-21)10-11-26(27)30(31(37-33)34(38)44-6)20-13-28(41-3)32(43-5)29(14-20)42-4;;/h7-18H,19H2,1-6H3,(H,36,37);2*1H. The molecule has 0 aliphatic heterocycles. The first-order valence-electron chi connectivity index (χ1n) is 13.8. The van der Waals surface area contributed by atoms with Crippen LogP contribution in [0, 0.1) is 0 Å². The van der Waals surface area contributed by atoms with Crippen LogP contribution in [0.25, 0.3) is 21.9 Å². The van der Waals surface area contributed by atoms with Gasteiger partial charge in [-0.25, -0.2) is 9.78 Å². The second-order valence-electron chi connectivity index (χ2n) is 9.63. The summed E-state index contributed by atoms with van der Waals surface area (Å²) in [6.45, 7) is 0.260. The van der Waals surface area contributed by atoms with E-state index in [1.807, 2.05) is 36.4 Å². The molecule has 0 radical (unpaired) electrons. The summed E-state index contributed by atoms with van der Waals surface area (Å²) >= 11 is 0. The Balaban J connectivity index is 0.00000300. The second-order valence-corrected chi connectivity index (χ2v) is 9.63. The Hall–Kier alpha value is -5.13. The molecular formula is C34H35Cl2N3O8. The van der Waals surface area contributed by atoms with Crippen LogP contribution in [0.4, 0.5) is 11.5 Å². The van der Waals surface area contributed by atoms with Gasteiger partial charge in [-0.2, -0.15) is 0 Å². The molecule has 0 saturated heterocycles. The average Bonchev–Trinajstić information content (AvgIpc) is 3.09. The van der Waals surface area contributed by atoms with Crippen molar-refractivity contribution in [3.05, 3.63) is 84.3 Å². The number of esters is 1. The maximum absolute atomic E-state index is 13.3. The van der Waals surface area contributed by atoms with Crippen molar-refractivity contribution in [2.75, 3.05) is 48.0 Å². The summed E-state index contributed by atoms with van der Waals surface area (Å²) in [6, 6.07) is 20.0. The molecule has 47 heavy (non-hydrogen) atoms. The Labute approximate surface area is 284 Å². The van der Waals surface area contributed by atoms with Crippen molar-refractivity contribution >= 4 is 53.1 Å². The number of fused-ring (bicyclic) bond motifs is 1. The highest BCUT2D eigenvalue weighted by Gasteiger charge is 2.25. The van der Waals surface area contributed by atoms with Crippen LogP contribution >= 0.6 is 24.8 Å². The van der Waals surface area contributed by atoms with Gasteiger partial charge < -0.3 is 38.5 Å². The number of nitrogens with one attached hydrogen (secondary N) is 1. The second kappa shape index (κ2) is 16.4. The van der Waals surface area contributed by atoms with Crippen molar-refractivity contribution in [1.29, 1.82) is 0 Å². The van der Waals surface area contributed by atoms with Gasteiger partial charge >= 0.3 is 5.97 Å². The number of carbonyl (C=O) groups is 1.